The number of hydrogen-bond acceptors (Lipinski definition) is 6. The minimum absolute atomic E-state index is 0.177. The summed E-state index contributed by atoms with van der Waals surface area (Å²) in [4.78, 5) is 23.5. The largest absolute Gasteiger partial charge is 0.469 e. The van der Waals surface area contributed by atoms with Crippen LogP contribution in [0.1, 0.15) is 12.8 Å². The molecule has 5 unspecified atom stereocenters. The predicted molar refractivity (Wildman–Crippen MR) is 62.6 cm³/mol. The SMILES string of the molecule is COC(=O)C1C2CC(C1C(=O)OC)C(S(=O)(=O)O)C2. The van der Waals surface area contributed by atoms with Gasteiger partial charge in [-0.15, -0.1) is 0 Å². The number of esters is 2. The molecule has 0 saturated heterocycles. The lowest BCUT2D eigenvalue weighted by atomic mass is 9.79. The van der Waals surface area contributed by atoms with Gasteiger partial charge >= 0.3 is 11.9 Å². The molecule has 0 aliphatic heterocycles. The summed E-state index contributed by atoms with van der Waals surface area (Å²) in [6.07, 6.45) is 0.584. The fourth-order valence-electron chi connectivity index (χ4n) is 3.58. The van der Waals surface area contributed by atoms with Crippen LogP contribution in [0.15, 0.2) is 0 Å². The van der Waals surface area contributed by atoms with Crippen molar-refractivity contribution in [3.63, 3.8) is 0 Å². The van der Waals surface area contributed by atoms with Crippen molar-refractivity contribution in [1.29, 1.82) is 0 Å². The molecule has 2 saturated carbocycles. The topological polar surface area (TPSA) is 107 Å². The fourth-order valence-corrected chi connectivity index (χ4v) is 4.79. The molecule has 0 spiro atoms. The van der Waals surface area contributed by atoms with Gasteiger partial charge in [-0.2, -0.15) is 8.42 Å². The van der Waals surface area contributed by atoms with Gasteiger partial charge in [0.2, 0.25) is 0 Å². The Morgan fingerprint density at radius 1 is 1.05 bits per heavy atom. The van der Waals surface area contributed by atoms with Gasteiger partial charge in [0, 0.05) is 0 Å². The Bertz CT molecular complexity index is 497. The van der Waals surface area contributed by atoms with Gasteiger partial charge < -0.3 is 9.47 Å². The van der Waals surface area contributed by atoms with E-state index in [2.05, 4.69) is 9.47 Å². The van der Waals surface area contributed by atoms with Crippen molar-refractivity contribution in [2.24, 2.45) is 23.7 Å². The molecule has 8 heteroatoms. The molecule has 108 valence electrons. The molecule has 0 amide bonds. The Labute approximate surface area is 111 Å². The Kier molecular flexibility index (Phi) is 3.57. The smallest absolute Gasteiger partial charge is 0.309 e. The lowest BCUT2D eigenvalue weighted by Crippen LogP contribution is -2.43. The number of hydrogen-bond donors (Lipinski definition) is 1. The number of carbonyl (C=O) groups is 2. The first-order valence-electron chi connectivity index (χ1n) is 5.93. The zero-order valence-corrected chi connectivity index (χ0v) is 11.4. The highest BCUT2D eigenvalue weighted by molar-refractivity contribution is 7.86. The van der Waals surface area contributed by atoms with E-state index in [9.17, 15) is 22.6 Å². The van der Waals surface area contributed by atoms with Crippen molar-refractivity contribution in [3.05, 3.63) is 0 Å². The lowest BCUT2D eigenvalue weighted by Gasteiger charge is -2.30. The third-order valence-corrected chi connectivity index (χ3v) is 5.58. The van der Waals surface area contributed by atoms with E-state index < -0.39 is 45.1 Å². The molecule has 7 nitrogen and oxygen atoms in total. The quantitative estimate of drug-likeness (QED) is 0.570. The highest BCUT2D eigenvalue weighted by atomic mass is 32.2. The maximum absolute atomic E-state index is 11.8. The van der Waals surface area contributed by atoms with E-state index in [1.54, 1.807) is 0 Å². The zero-order valence-electron chi connectivity index (χ0n) is 10.6. The zero-order chi connectivity index (χ0) is 14.4. The molecule has 0 aromatic heterocycles. The monoisotopic (exact) mass is 292 g/mol. The average molecular weight is 292 g/mol. The Morgan fingerprint density at radius 3 is 2.05 bits per heavy atom. The first kappa shape index (κ1) is 14.3. The molecule has 2 aliphatic carbocycles. The van der Waals surface area contributed by atoms with Gasteiger partial charge in [-0.3, -0.25) is 14.1 Å². The summed E-state index contributed by atoms with van der Waals surface area (Å²) >= 11 is 0. The predicted octanol–water partition coefficient (Wildman–Crippen LogP) is -0.139. The van der Waals surface area contributed by atoms with Crippen LogP contribution in [-0.4, -0.2) is 44.4 Å². The summed E-state index contributed by atoms with van der Waals surface area (Å²) in [5.41, 5.74) is 0. The number of ether oxygens (including phenoxy) is 2. The average Bonchev–Trinajstić information content (AvgIpc) is 2.93. The van der Waals surface area contributed by atoms with Crippen LogP contribution in [0.5, 0.6) is 0 Å². The number of rotatable bonds is 3. The van der Waals surface area contributed by atoms with Gasteiger partial charge in [0.25, 0.3) is 10.1 Å². The van der Waals surface area contributed by atoms with Gasteiger partial charge in [-0.1, -0.05) is 0 Å². The number of carbonyl (C=O) groups excluding carboxylic acids is 2. The summed E-state index contributed by atoms with van der Waals surface area (Å²) in [5.74, 6) is -3.55. The minimum atomic E-state index is -4.22. The van der Waals surface area contributed by atoms with Crippen molar-refractivity contribution >= 4 is 22.1 Å². The molecule has 2 fully saturated rings. The van der Waals surface area contributed by atoms with Gasteiger partial charge in [-0.25, -0.2) is 0 Å². The Morgan fingerprint density at radius 2 is 1.58 bits per heavy atom. The van der Waals surface area contributed by atoms with E-state index >= 15 is 0 Å². The van der Waals surface area contributed by atoms with Crippen LogP contribution >= 0.6 is 0 Å². The van der Waals surface area contributed by atoms with Gasteiger partial charge in [-0.05, 0) is 24.7 Å². The van der Waals surface area contributed by atoms with Gasteiger partial charge in [0.05, 0.1) is 31.3 Å². The molecule has 0 radical (unpaired) electrons. The third kappa shape index (κ3) is 2.23. The molecule has 19 heavy (non-hydrogen) atoms. The lowest BCUT2D eigenvalue weighted by molar-refractivity contribution is -0.160. The van der Waals surface area contributed by atoms with Crippen molar-refractivity contribution in [2.45, 2.75) is 18.1 Å². The van der Waals surface area contributed by atoms with Gasteiger partial charge in [0.15, 0.2) is 0 Å². The highest BCUT2D eigenvalue weighted by Gasteiger charge is 2.61. The van der Waals surface area contributed by atoms with Crippen LogP contribution in [0.25, 0.3) is 0 Å². The third-order valence-electron chi connectivity index (χ3n) is 4.27. The van der Waals surface area contributed by atoms with Crippen molar-refractivity contribution in [2.75, 3.05) is 14.2 Å². The standard InChI is InChI=1S/C11H16O7S/c1-17-10(12)8-5-3-6(9(8)11(13)18-2)7(4-5)19(14,15)16/h5-9H,3-4H2,1-2H3,(H,14,15,16). The molecule has 1 N–H and O–H groups in total. The normalized spacial score (nSPS) is 37.1. The second-order valence-corrected chi connectivity index (χ2v) is 6.68. The number of methoxy groups -OCH3 is 2. The first-order chi connectivity index (χ1) is 8.81. The summed E-state index contributed by atoms with van der Waals surface area (Å²) in [6.45, 7) is 0. The summed E-state index contributed by atoms with van der Waals surface area (Å²) < 4.78 is 41.1. The maximum atomic E-state index is 11.8. The maximum Gasteiger partial charge on any atom is 0.309 e. The molecule has 5 atom stereocenters. The van der Waals surface area contributed by atoms with Gasteiger partial charge in [0.1, 0.15) is 0 Å². The fraction of sp³-hybridized carbons (Fsp3) is 0.818. The van der Waals surface area contributed by atoms with Crippen molar-refractivity contribution < 1.29 is 32.0 Å². The van der Waals surface area contributed by atoms with Crippen LogP contribution in [0.3, 0.4) is 0 Å². The van der Waals surface area contributed by atoms with Crippen molar-refractivity contribution in [3.8, 4) is 0 Å². The molecule has 2 aliphatic rings. The second kappa shape index (κ2) is 4.75. The van der Waals surface area contributed by atoms with E-state index in [-0.39, 0.29) is 12.3 Å². The second-order valence-electron chi connectivity index (χ2n) is 5.05. The molecular formula is C11H16O7S. The van der Waals surface area contributed by atoms with E-state index in [1.165, 1.54) is 14.2 Å². The van der Waals surface area contributed by atoms with E-state index in [0.717, 1.165) is 0 Å². The van der Waals surface area contributed by atoms with Crippen molar-refractivity contribution in [1.82, 2.24) is 0 Å². The molecule has 0 aromatic rings. The first-order valence-corrected chi connectivity index (χ1v) is 7.43. The van der Waals surface area contributed by atoms with Crippen LogP contribution < -0.4 is 0 Å². The van der Waals surface area contributed by atoms with Crippen LogP contribution in [0, 0.1) is 23.7 Å². The van der Waals surface area contributed by atoms with E-state index in [4.69, 9.17) is 0 Å². The molecular weight excluding hydrogens is 276 g/mol. The van der Waals surface area contributed by atoms with E-state index in [0.29, 0.717) is 6.42 Å². The summed E-state index contributed by atoms with van der Waals surface area (Å²) in [6, 6.07) is 0. The van der Waals surface area contributed by atoms with E-state index in [1.807, 2.05) is 0 Å². The number of fused-ring (bicyclic) bond motifs is 2. The van der Waals surface area contributed by atoms with Crippen LogP contribution in [-0.2, 0) is 29.2 Å². The molecule has 0 heterocycles. The molecule has 0 aromatic carbocycles. The minimum Gasteiger partial charge on any atom is -0.469 e. The summed E-state index contributed by atoms with van der Waals surface area (Å²) in [5, 5.41) is -0.998. The van der Waals surface area contributed by atoms with Crippen LogP contribution in [0.2, 0.25) is 0 Å². The van der Waals surface area contributed by atoms with Crippen LogP contribution in [0.4, 0.5) is 0 Å². The summed E-state index contributed by atoms with van der Waals surface area (Å²) in [7, 11) is -1.81. The highest BCUT2D eigenvalue weighted by Crippen LogP contribution is 2.55. The molecule has 2 bridgehead atoms. The molecule has 2 rings (SSSR count). The Balaban J connectivity index is 2.34. The Hall–Kier alpha value is -1.15.